The summed E-state index contributed by atoms with van der Waals surface area (Å²) in [5.74, 6) is -1.34. The molecule has 0 saturated carbocycles. The van der Waals surface area contributed by atoms with Crippen LogP contribution < -0.4 is 15.0 Å². The van der Waals surface area contributed by atoms with Crippen LogP contribution >= 0.6 is 0 Å². The Kier molecular flexibility index (Phi) is 5.50. The van der Waals surface area contributed by atoms with Crippen molar-refractivity contribution in [1.29, 1.82) is 0 Å². The number of barbiturate groups is 1. The fraction of sp³-hybridized carbons (Fsp3) is 0.227. The maximum Gasteiger partial charge on any atom is 0.335 e. The van der Waals surface area contributed by atoms with E-state index in [-0.39, 0.29) is 17.2 Å². The van der Waals surface area contributed by atoms with Gasteiger partial charge in [-0.1, -0.05) is 19.9 Å². The highest BCUT2D eigenvalue weighted by molar-refractivity contribution is 6.39. The number of hydrogen-bond acceptors (Lipinski definition) is 4. The Hall–Kier alpha value is -3.48. The lowest BCUT2D eigenvalue weighted by atomic mass is 9.95. The summed E-state index contributed by atoms with van der Waals surface area (Å²) in [4.78, 5) is 38.3. The van der Waals surface area contributed by atoms with Gasteiger partial charge in [-0.15, -0.1) is 0 Å². The number of anilines is 1. The molecule has 2 aromatic carbocycles. The lowest BCUT2D eigenvalue weighted by Crippen LogP contribution is -2.54. The molecule has 2 aromatic rings. The SMILES string of the molecule is COc1cc(C)c(/C=C2\C(=O)NC(=O)N(c3cccc(F)c3)C2=O)cc1C(C)C. The number of rotatable bonds is 4. The molecule has 0 aliphatic carbocycles. The van der Waals surface area contributed by atoms with E-state index in [0.717, 1.165) is 27.8 Å². The minimum absolute atomic E-state index is 0.0419. The van der Waals surface area contributed by atoms with Gasteiger partial charge in [0, 0.05) is 0 Å². The molecular weight excluding hydrogens is 375 g/mol. The van der Waals surface area contributed by atoms with Crippen molar-refractivity contribution in [2.45, 2.75) is 26.7 Å². The molecule has 0 bridgehead atoms. The number of urea groups is 1. The van der Waals surface area contributed by atoms with Gasteiger partial charge in [0.2, 0.25) is 0 Å². The van der Waals surface area contributed by atoms with E-state index in [1.54, 1.807) is 7.11 Å². The van der Waals surface area contributed by atoms with Gasteiger partial charge in [0.05, 0.1) is 12.8 Å². The zero-order chi connectivity index (χ0) is 21.3. The number of halogens is 1. The third kappa shape index (κ3) is 3.89. The van der Waals surface area contributed by atoms with Crippen molar-refractivity contribution in [2.24, 2.45) is 0 Å². The first-order chi connectivity index (χ1) is 13.7. The highest BCUT2D eigenvalue weighted by Crippen LogP contribution is 2.31. The van der Waals surface area contributed by atoms with Crippen LogP contribution in [0.2, 0.25) is 0 Å². The molecule has 1 aliphatic rings. The topological polar surface area (TPSA) is 75.7 Å². The van der Waals surface area contributed by atoms with Crippen LogP contribution in [0.25, 0.3) is 6.08 Å². The van der Waals surface area contributed by atoms with E-state index >= 15 is 0 Å². The zero-order valence-electron chi connectivity index (χ0n) is 16.6. The second kappa shape index (κ2) is 7.87. The molecule has 0 aromatic heterocycles. The number of amides is 4. The molecule has 0 atom stereocenters. The van der Waals surface area contributed by atoms with Crippen molar-refractivity contribution in [2.75, 3.05) is 12.0 Å². The van der Waals surface area contributed by atoms with Crippen LogP contribution in [0.4, 0.5) is 14.9 Å². The van der Waals surface area contributed by atoms with Crippen LogP contribution in [0.15, 0.2) is 42.0 Å². The average molecular weight is 396 g/mol. The second-order valence-electron chi connectivity index (χ2n) is 7.04. The smallest absolute Gasteiger partial charge is 0.335 e. The number of carbonyl (C=O) groups excluding carboxylic acids is 3. The van der Waals surface area contributed by atoms with Gasteiger partial charge >= 0.3 is 6.03 Å². The van der Waals surface area contributed by atoms with Crippen molar-refractivity contribution in [1.82, 2.24) is 5.32 Å². The molecule has 0 radical (unpaired) electrons. The number of nitrogens with one attached hydrogen (secondary N) is 1. The molecule has 29 heavy (non-hydrogen) atoms. The van der Waals surface area contributed by atoms with Gasteiger partial charge in [0.15, 0.2) is 0 Å². The lowest BCUT2D eigenvalue weighted by molar-refractivity contribution is -0.122. The summed E-state index contributed by atoms with van der Waals surface area (Å²) in [5.41, 5.74) is 2.21. The maximum absolute atomic E-state index is 13.6. The largest absolute Gasteiger partial charge is 0.496 e. The average Bonchev–Trinajstić information content (AvgIpc) is 2.65. The number of carbonyl (C=O) groups is 3. The molecule has 0 unspecified atom stereocenters. The lowest BCUT2D eigenvalue weighted by Gasteiger charge is -2.26. The standard InChI is InChI=1S/C22H21FN2O4/c1-12(2)17-9-14(13(3)8-19(17)29-4)10-18-20(26)24-22(28)25(21(18)27)16-7-5-6-15(23)11-16/h5-12H,1-4H3,(H,24,26,28)/b18-10+. The summed E-state index contributed by atoms with van der Waals surface area (Å²) < 4.78 is 19.0. The summed E-state index contributed by atoms with van der Waals surface area (Å²) in [6, 6.07) is 7.83. The number of hydrogen-bond donors (Lipinski definition) is 1. The van der Waals surface area contributed by atoms with Crippen molar-refractivity contribution in [3.05, 3.63) is 64.5 Å². The fourth-order valence-corrected chi connectivity index (χ4v) is 3.16. The summed E-state index contributed by atoms with van der Waals surface area (Å²) in [6.45, 7) is 5.85. The molecule has 1 N–H and O–H groups in total. The number of methoxy groups -OCH3 is 1. The predicted molar refractivity (Wildman–Crippen MR) is 107 cm³/mol. The minimum Gasteiger partial charge on any atom is -0.496 e. The van der Waals surface area contributed by atoms with Crippen LogP contribution in [0, 0.1) is 12.7 Å². The first-order valence-corrected chi connectivity index (χ1v) is 9.08. The van der Waals surface area contributed by atoms with Gasteiger partial charge in [-0.2, -0.15) is 0 Å². The Balaban J connectivity index is 2.09. The summed E-state index contributed by atoms with van der Waals surface area (Å²) in [6.07, 6.45) is 1.44. The van der Waals surface area contributed by atoms with Gasteiger partial charge in [-0.25, -0.2) is 14.1 Å². The summed E-state index contributed by atoms with van der Waals surface area (Å²) >= 11 is 0. The monoisotopic (exact) mass is 396 g/mol. The molecule has 1 fully saturated rings. The number of nitrogens with zero attached hydrogens (tertiary/aromatic N) is 1. The third-order valence-corrected chi connectivity index (χ3v) is 4.71. The normalized spacial score (nSPS) is 15.9. The molecule has 3 rings (SSSR count). The van der Waals surface area contributed by atoms with Gasteiger partial charge in [0.1, 0.15) is 17.1 Å². The molecular formula is C22H21FN2O4. The van der Waals surface area contributed by atoms with Crippen molar-refractivity contribution >= 4 is 29.6 Å². The number of benzene rings is 2. The van der Waals surface area contributed by atoms with Crippen molar-refractivity contribution < 1.29 is 23.5 Å². The molecule has 6 nitrogen and oxygen atoms in total. The first-order valence-electron chi connectivity index (χ1n) is 9.08. The Bertz CT molecular complexity index is 1040. The van der Waals surface area contributed by atoms with Crippen molar-refractivity contribution in [3.8, 4) is 5.75 Å². The molecule has 0 spiro atoms. The summed E-state index contributed by atoms with van der Waals surface area (Å²) in [7, 11) is 1.58. The molecule has 4 amide bonds. The van der Waals surface area contributed by atoms with Crippen LogP contribution in [0.5, 0.6) is 5.75 Å². The maximum atomic E-state index is 13.6. The number of ether oxygens (including phenoxy) is 1. The highest BCUT2D eigenvalue weighted by Gasteiger charge is 2.37. The van der Waals surface area contributed by atoms with Gasteiger partial charge < -0.3 is 4.74 Å². The van der Waals surface area contributed by atoms with E-state index in [9.17, 15) is 18.8 Å². The summed E-state index contributed by atoms with van der Waals surface area (Å²) in [5, 5.41) is 2.14. The second-order valence-corrected chi connectivity index (χ2v) is 7.04. The Morgan fingerprint density at radius 3 is 2.48 bits per heavy atom. The first kappa shape index (κ1) is 20.3. The zero-order valence-corrected chi connectivity index (χ0v) is 16.6. The minimum atomic E-state index is -0.919. The highest BCUT2D eigenvalue weighted by atomic mass is 19.1. The fourth-order valence-electron chi connectivity index (χ4n) is 3.16. The van der Waals surface area contributed by atoms with Crippen molar-refractivity contribution in [3.63, 3.8) is 0 Å². The quantitative estimate of drug-likeness (QED) is 0.628. The van der Waals surface area contributed by atoms with E-state index in [0.29, 0.717) is 5.56 Å². The van der Waals surface area contributed by atoms with E-state index in [4.69, 9.17) is 4.74 Å². The molecule has 150 valence electrons. The Morgan fingerprint density at radius 1 is 1.14 bits per heavy atom. The third-order valence-electron chi connectivity index (χ3n) is 4.71. The Labute approximate surface area is 168 Å². The molecule has 7 heteroatoms. The van der Waals surface area contributed by atoms with E-state index in [1.807, 2.05) is 32.9 Å². The van der Waals surface area contributed by atoms with E-state index in [1.165, 1.54) is 24.3 Å². The van der Waals surface area contributed by atoms with Gasteiger partial charge in [-0.3, -0.25) is 14.9 Å². The molecule has 1 saturated heterocycles. The van der Waals surface area contributed by atoms with Crippen LogP contribution in [0.3, 0.4) is 0 Å². The van der Waals surface area contributed by atoms with E-state index in [2.05, 4.69) is 5.32 Å². The number of imide groups is 2. The van der Waals surface area contributed by atoms with E-state index < -0.39 is 23.7 Å². The molecule has 1 heterocycles. The Morgan fingerprint density at radius 2 is 1.86 bits per heavy atom. The number of aryl methyl sites for hydroxylation is 1. The van der Waals surface area contributed by atoms with Crippen LogP contribution in [-0.4, -0.2) is 25.0 Å². The van der Waals surface area contributed by atoms with Crippen LogP contribution in [0.1, 0.15) is 36.5 Å². The predicted octanol–water partition coefficient (Wildman–Crippen LogP) is 3.93. The van der Waals surface area contributed by atoms with Gasteiger partial charge in [-0.05, 0) is 65.9 Å². The van der Waals surface area contributed by atoms with Gasteiger partial charge in [0.25, 0.3) is 11.8 Å². The molecule has 1 aliphatic heterocycles. The van der Waals surface area contributed by atoms with Crippen LogP contribution in [-0.2, 0) is 9.59 Å².